The molecule has 0 aromatic heterocycles. The molecule has 164 valence electrons. The molecule has 1 aliphatic rings. The number of hydrogen-bond acceptors (Lipinski definition) is 6. The molecular weight excluding hydrogens is 400 g/mol. The lowest BCUT2D eigenvalue weighted by molar-refractivity contribution is -0.130. The van der Waals surface area contributed by atoms with Crippen molar-refractivity contribution in [3.63, 3.8) is 0 Å². The molecule has 0 atom stereocenters. The lowest BCUT2D eigenvalue weighted by Gasteiger charge is -2.20. The highest BCUT2D eigenvalue weighted by molar-refractivity contribution is 5.98. The maximum atomic E-state index is 12.6. The number of amides is 2. The number of benzene rings is 2. The molecule has 0 bridgehead atoms. The van der Waals surface area contributed by atoms with E-state index in [-0.39, 0.29) is 18.4 Å². The van der Waals surface area contributed by atoms with Gasteiger partial charge >= 0.3 is 0 Å². The van der Waals surface area contributed by atoms with Gasteiger partial charge in [0.2, 0.25) is 11.8 Å². The largest absolute Gasteiger partial charge is 0.497 e. The van der Waals surface area contributed by atoms with Crippen LogP contribution < -0.4 is 24.3 Å². The van der Waals surface area contributed by atoms with Gasteiger partial charge in [-0.15, -0.1) is 0 Å². The number of ether oxygens (including phenoxy) is 4. The van der Waals surface area contributed by atoms with Gasteiger partial charge in [-0.1, -0.05) is 0 Å². The molecule has 1 N–H and O–H groups in total. The molecule has 2 aromatic rings. The van der Waals surface area contributed by atoms with E-state index in [4.69, 9.17) is 18.9 Å². The number of hydrogen-bond donors (Lipinski definition) is 1. The topological polar surface area (TPSA) is 86.3 Å². The van der Waals surface area contributed by atoms with Crippen LogP contribution in [0.4, 0.5) is 5.69 Å². The zero-order valence-corrected chi connectivity index (χ0v) is 17.8. The molecule has 0 aliphatic carbocycles. The zero-order valence-electron chi connectivity index (χ0n) is 17.8. The Labute approximate surface area is 181 Å². The van der Waals surface area contributed by atoms with Gasteiger partial charge < -0.3 is 29.2 Å². The van der Waals surface area contributed by atoms with Gasteiger partial charge in [-0.3, -0.25) is 9.59 Å². The number of methoxy groups -OCH3 is 2. The third kappa shape index (κ3) is 5.91. The molecule has 0 unspecified atom stereocenters. The lowest BCUT2D eigenvalue weighted by Crippen LogP contribution is -2.36. The summed E-state index contributed by atoms with van der Waals surface area (Å²) in [6.45, 7) is 3.10. The van der Waals surface area contributed by atoms with Crippen molar-refractivity contribution >= 4 is 23.6 Å². The maximum absolute atomic E-state index is 12.6. The number of carbonyl (C=O) groups is 2. The molecule has 3 rings (SSSR count). The summed E-state index contributed by atoms with van der Waals surface area (Å²) >= 11 is 0. The second-order valence-electron chi connectivity index (χ2n) is 6.74. The SMILES string of the molecule is CCN(CC(=O)Nc1ccc2c(c1)OCCO2)C(=O)/C=C/c1cc(OC)cc(OC)c1. The van der Waals surface area contributed by atoms with Crippen LogP contribution in [0.25, 0.3) is 6.08 Å². The minimum atomic E-state index is -0.302. The predicted octanol–water partition coefficient (Wildman–Crippen LogP) is 2.98. The highest BCUT2D eigenvalue weighted by Crippen LogP contribution is 2.32. The summed E-state index contributed by atoms with van der Waals surface area (Å²) in [4.78, 5) is 26.5. The van der Waals surface area contributed by atoms with Gasteiger partial charge in [0.15, 0.2) is 11.5 Å². The summed E-state index contributed by atoms with van der Waals surface area (Å²) in [6, 6.07) is 10.5. The number of fused-ring (bicyclic) bond motifs is 1. The van der Waals surface area contributed by atoms with E-state index in [1.807, 2.05) is 6.92 Å². The fraction of sp³-hybridized carbons (Fsp3) is 0.304. The van der Waals surface area contributed by atoms with Crippen molar-refractivity contribution in [1.29, 1.82) is 0 Å². The molecule has 8 nitrogen and oxygen atoms in total. The van der Waals surface area contributed by atoms with E-state index in [1.165, 1.54) is 11.0 Å². The molecular formula is C23H26N2O6. The second-order valence-corrected chi connectivity index (χ2v) is 6.74. The normalized spacial score (nSPS) is 12.4. The molecule has 0 saturated heterocycles. The van der Waals surface area contributed by atoms with E-state index in [2.05, 4.69) is 5.32 Å². The summed E-state index contributed by atoms with van der Waals surface area (Å²) in [5.74, 6) is 1.90. The van der Waals surface area contributed by atoms with Gasteiger partial charge in [-0.2, -0.15) is 0 Å². The number of nitrogens with zero attached hydrogens (tertiary/aromatic N) is 1. The monoisotopic (exact) mass is 426 g/mol. The first-order valence-corrected chi connectivity index (χ1v) is 9.92. The Bertz CT molecular complexity index is 950. The van der Waals surface area contributed by atoms with E-state index in [0.29, 0.717) is 48.4 Å². The van der Waals surface area contributed by atoms with Crippen LogP contribution in [0.2, 0.25) is 0 Å². The molecule has 0 saturated carbocycles. The minimum Gasteiger partial charge on any atom is -0.497 e. The van der Waals surface area contributed by atoms with E-state index >= 15 is 0 Å². The van der Waals surface area contributed by atoms with Crippen molar-refractivity contribution in [3.8, 4) is 23.0 Å². The molecule has 2 amide bonds. The zero-order chi connectivity index (χ0) is 22.2. The first-order valence-electron chi connectivity index (χ1n) is 9.92. The Kier molecular flexibility index (Phi) is 7.37. The van der Waals surface area contributed by atoms with Gasteiger partial charge in [0.25, 0.3) is 0 Å². The number of anilines is 1. The molecule has 8 heteroatoms. The first kappa shape index (κ1) is 22.0. The van der Waals surface area contributed by atoms with Gasteiger partial charge in [-0.05, 0) is 42.8 Å². The fourth-order valence-electron chi connectivity index (χ4n) is 3.04. The van der Waals surface area contributed by atoms with Crippen LogP contribution in [-0.4, -0.2) is 57.2 Å². The molecule has 1 aliphatic heterocycles. The van der Waals surface area contributed by atoms with Crippen molar-refractivity contribution in [2.75, 3.05) is 45.8 Å². The second kappa shape index (κ2) is 10.4. The standard InChI is InChI=1S/C23H26N2O6/c1-4-25(23(27)8-5-16-11-18(28-2)14-19(12-16)29-3)15-22(26)24-17-6-7-20-21(13-17)31-10-9-30-20/h5-8,11-14H,4,9-10,15H2,1-3H3,(H,24,26)/b8-5+. The highest BCUT2D eigenvalue weighted by Gasteiger charge is 2.16. The Morgan fingerprint density at radius 2 is 1.71 bits per heavy atom. The molecule has 0 radical (unpaired) electrons. The highest BCUT2D eigenvalue weighted by atomic mass is 16.6. The van der Waals surface area contributed by atoms with Gasteiger partial charge in [0.05, 0.1) is 14.2 Å². The Morgan fingerprint density at radius 1 is 1.03 bits per heavy atom. The Morgan fingerprint density at radius 3 is 2.35 bits per heavy atom. The van der Waals surface area contributed by atoms with E-state index in [0.717, 1.165) is 5.56 Å². The van der Waals surface area contributed by atoms with Gasteiger partial charge in [0.1, 0.15) is 31.3 Å². The van der Waals surface area contributed by atoms with Crippen LogP contribution in [0.5, 0.6) is 23.0 Å². The van der Waals surface area contributed by atoms with Crippen LogP contribution in [0.15, 0.2) is 42.5 Å². The number of rotatable bonds is 8. The summed E-state index contributed by atoms with van der Waals surface area (Å²) in [5.41, 5.74) is 1.33. The third-order valence-corrected chi connectivity index (χ3v) is 4.65. The maximum Gasteiger partial charge on any atom is 0.247 e. The van der Waals surface area contributed by atoms with Crippen molar-refractivity contribution < 1.29 is 28.5 Å². The van der Waals surface area contributed by atoms with Crippen LogP contribution in [0, 0.1) is 0 Å². The van der Waals surface area contributed by atoms with Crippen molar-refractivity contribution in [1.82, 2.24) is 4.90 Å². The summed E-state index contributed by atoms with van der Waals surface area (Å²) < 4.78 is 21.5. The molecule has 1 heterocycles. The molecule has 2 aromatic carbocycles. The molecule has 0 spiro atoms. The van der Waals surface area contributed by atoms with E-state index in [9.17, 15) is 9.59 Å². The summed E-state index contributed by atoms with van der Waals surface area (Å²) in [7, 11) is 3.12. The van der Waals surface area contributed by atoms with Gasteiger partial charge in [0, 0.05) is 30.4 Å². The molecule has 31 heavy (non-hydrogen) atoms. The smallest absolute Gasteiger partial charge is 0.247 e. The summed E-state index contributed by atoms with van der Waals surface area (Å²) in [5, 5.41) is 2.79. The van der Waals surface area contributed by atoms with Crippen LogP contribution in [-0.2, 0) is 9.59 Å². The Hall–Kier alpha value is -3.68. The van der Waals surface area contributed by atoms with E-state index < -0.39 is 0 Å². The van der Waals surface area contributed by atoms with Crippen LogP contribution >= 0.6 is 0 Å². The average Bonchev–Trinajstić information content (AvgIpc) is 2.80. The Balaban J connectivity index is 1.61. The number of likely N-dealkylation sites (N-methyl/N-ethyl adjacent to an activating group) is 1. The van der Waals surface area contributed by atoms with Crippen molar-refractivity contribution in [3.05, 3.63) is 48.0 Å². The third-order valence-electron chi connectivity index (χ3n) is 4.65. The molecule has 0 fully saturated rings. The fourth-order valence-corrected chi connectivity index (χ4v) is 3.04. The van der Waals surface area contributed by atoms with Gasteiger partial charge in [-0.25, -0.2) is 0 Å². The average molecular weight is 426 g/mol. The van der Waals surface area contributed by atoms with Crippen molar-refractivity contribution in [2.24, 2.45) is 0 Å². The van der Waals surface area contributed by atoms with Crippen molar-refractivity contribution in [2.45, 2.75) is 6.92 Å². The van der Waals surface area contributed by atoms with Crippen LogP contribution in [0.1, 0.15) is 12.5 Å². The summed E-state index contributed by atoms with van der Waals surface area (Å²) in [6.07, 6.45) is 3.09. The van der Waals surface area contributed by atoms with Crippen LogP contribution in [0.3, 0.4) is 0 Å². The number of carbonyl (C=O) groups excluding carboxylic acids is 2. The lowest BCUT2D eigenvalue weighted by atomic mass is 10.2. The van der Waals surface area contributed by atoms with E-state index in [1.54, 1.807) is 56.7 Å². The quantitative estimate of drug-likeness (QED) is 0.653. The predicted molar refractivity (Wildman–Crippen MR) is 117 cm³/mol. The number of nitrogens with one attached hydrogen (secondary N) is 1. The minimum absolute atomic E-state index is 0.0739. The first-order chi connectivity index (χ1) is 15.0.